The number of carbonyl (C=O) groups excluding carboxylic acids is 1. The minimum absolute atomic E-state index is 0.573. The van der Waals surface area contributed by atoms with Crippen LogP contribution in [0, 0.1) is 0 Å². The van der Waals surface area contributed by atoms with Gasteiger partial charge in [0.05, 0.1) is 5.36 Å². The lowest BCUT2D eigenvalue weighted by Crippen LogP contribution is -2.22. The van der Waals surface area contributed by atoms with Gasteiger partial charge in [-0.3, -0.25) is 4.79 Å². The maximum atomic E-state index is 10.5. The molecule has 3 rings (SSSR count). The number of rotatable bonds is 1. The van der Waals surface area contributed by atoms with Crippen LogP contribution >= 0.6 is 0 Å². The molecule has 2 heteroatoms. The molecule has 1 aliphatic carbocycles. The van der Waals surface area contributed by atoms with Crippen molar-refractivity contribution in [2.75, 3.05) is 0 Å². The van der Waals surface area contributed by atoms with Crippen LogP contribution in [-0.2, 0) is 4.79 Å². The number of carbonyl (C=O) groups is 1. The van der Waals surface area contributed by atoms with E-state index < -0.39 is 0 Å². The van der Waals surface area contributed by atoms with Crippen LogP contribution in [0.4, 0.5) is 0 Å². The highest BCUT2D eigenvalue weighted by Gasteiger charge is 2.19. The summed E-state index contributed by atoms with van der Waals surface area (Å²) in [5, 5.41) is 2.10. The van der Waals surface area contributed by atoms with E-state index in [0.29, 0.717) is 5.70 Å². The molecule has 1 aliphatic heterocycles. The van der Waals surface area contributed by atoms with Gasteiger partial charge >= 0.3 is 0 Å². The second kappa shape index (κ2) is 1.72. The second-order valence-electron chi connectivity index (χ2n) is 2.92. The molecule has 0 aromatic heterocycles. The van der Waals surface area contributed by atoms with Gasteiger partial charge in [-0.25, -0.2) is 4.99 Å². The average Bonchev–Trinajstić information content (AvgIpc) is 2.54. The van der Waals surface area contributed by atoms with Gasteiger partial charge in [-0.05, 0) is 6.08 Å². The van der Waals surface area contributed by atoms with Crippen LogP contribution < -0.4 is 10.6 Å². The average molecular weight is 155 g/mol. The van der Waals surface area contributed by atoms with Crippen LogP contribution in [0.2, 0.25) is 0 Å². The van der Waals surface area contributed by atoms with E-state index in [1.807, 2.05) is 24.3 Å². The maximum Gasteiger partial charge on any atom is 0.169 e. The zero-order valence-corrected chi connectivity index (χ0v) is 6.24. The summed E-state index contributed by atoms with van der Waals surface area (Å²) in [4.78, 5) is 14.7. The predicted octanol–water partition coefficient (Wildman–Crippen LogP) is 0.0239. The SMILES string of the molecule is O=CC1=C2C=c3cccc2c3=N1. The van der Waals surface area contributed by atoms with Gasteiger partial charge in [0.1, 0.15) is 5.70 Å². The van der Waals surface area contributed by atoms with Crippen molar-refractivity contribution in [3.05, 3.63) is 40.0 Å². The van der Waals surface area contributed by atoms with Crippen molar-refractivity contribution in [1.29, 1.82) is 0 Å². The third-order valence-electron chi connectivity index (χ3n) is 2.28. The van der Waals surface area contributed by atoms with E-state index in [4.69, 9.17) is 0 Å². The highest BCUT2D eigenvalue weighted by Crippen LogP contribution is 2.23. The Bertz CT molecular complexity index is 537. The Morgan fingerprint density at radius 3 is 3.00 bits per heavy atom. The van der Waals surface area contributed by atoms with Crippen molar-refractivity contribution in [3.63, 3.8) is 0 Å². The minimum Gasteiger partial charge on any atom is -0.296 e. The Kier molecular flexibility index (Phi) is 0.844. The first-order valence-electron chi connectivity index (χ1n) is 3.79. The first-order valence-corrected chi connectivity index (χ1v) is 3.79. The van der Waals surface area contributed by atoms with Gasteiger partial charge in [0, 0.05) is 16.4 Å². The highest BCUT2D eigenvalue weighted by molar-refractivity contribution is 6.03. The van der Waals surface area contributed by atoms with Crippen molar-refractivity contribution >= 4 is 17.9 Å². The summed E-state index contributed by atoms with van der Waals surface area (Å²) in [5.41, 5.74) is 2.67. The zero-order valence-electron chi connectivity index (χ0n) is 6.24. The normalized spacial score (nSPS) is 16.0. The lowest BCUT2D eigenvalue weighted by Gasteiger charge is -1.90. The summed E-state index contributed by atoms with van der Waals surface area (Å²) in [6.45, 7) is 0. The Morgan fingerprint density at radius 1 is 1.33 bits per heavy atom. The summed E-state index contributed by atoms with van der Waals surface area (Å²) >= 11 is 0. The van der Waals surface area contributed by atoms with Crippen LogP contribution in [0.25, 0.3) is 11.6 Å². The maximum absolute atomic E-state index is 10.5. The van der Waals surface area contributed by atoms with Gasteiger partial charge in [-0.1, -0.05) is 18.2 Å². The Labute approximate surface area is 68.6 Å². The van der Waals surface area contributed by atoms with E-state index in [1.54, 1.807) is 0 Å². The Morgan fingerprint density at radius 2 is 2.25 bits per heavy atom. The van der Waals surface area contributed by atoms with Crippen molar-refractivity contribution in [2.24, 2.45) is 4.99 Å². The highest BCUT2D eigenvalue weighted by atomic mass is 16.1. The molecule has 1 aromatic rings. The van der Waals surface area contributed by atoms with E-state index >= 15 is 0 Å². The molecule has 0 amide bonds. The van der Waals surface area contributed by atoms with Gasteiger partial charge in [-0.15, -0.1) is 0 Å². The van der Waals surface area contributed by atoms with E-state index in [1.165, 1.54) is 0 Å². The molecule has 0 N–H and O–H groups in total. The van der Waals surface area contributed by atoms with E-state index in [0.717, 1.165) is 28.0 Å². The molecule has 0 unspecified atom stereocenters. The van der Waals surface area contributed by atoms with Gasteiger partial charge in [0.15, 0.2) is 6.29 Å². The van der Waals surface area contributed by atoms with Gasteiger partial charge in [-0.2, -0.15) is 0 Å². The fourth-order valence-corrected chi connectivity index (χ4v) is 1.74. The van der Waals surface area contributed by atoms with E-state index in [2.05, 4.69) is 4.99 Å². The van der Waals surface area contributed by atoms with Crippen LogP contribution in [0.1, 0.15) is 5.56 Å². The lowest BCUT2D eigenvalue weighted by atomic mass is 10.1. The topological polar surface area (TPSA) is 29.4 Å². The molecule has 12 heavy (non-hydrogen) atoms. The molecular formula is C10H5NO. The third-order valence-corrected chi connectivity index (χ3v) is 2.28. The molecule has 4 bridgehead atoms. The lowest BCUT2D eigenvalue weighted by molar-refractivity contribution is -0.104. The Hall–Kier alpha value is -1.70. The molecule has 2 nitrogen and oxygen atoms in total. The molecule has 0 fully saturated rings. The molecule has 56 valence electrons. The van der Waals surface area contributed by atoms with Gasteiger partial charge in [0.2, 0.25) is 0 Å². The number of hydrogen-bond donors (Lipinski definition) is 0. The number of allylic oxidation sites excluding steroid dienone is 2. The van der Waals surface area contributed by atoms with E-state index in [9.17, 15) is 4.79 Å². The summed E-state index contributed by atoms with van der Waals surface area (Å²) in [6.07, 6.45) is 2.83. The smallest absolute Gasteiger partial charge is 0.169 e. The fourth-order valence-electron chi connectivity index (χ4n) is 1.74. The number of benzene rings is 1. The fraction of sp³-hybridized carbons (Fsp3) is 0. The van der Waals surface area contributed by atoms with Crippen molar-refractivity contribution < 1.29 is 4.79 Å². The van der Waals surface area contributed by atoms with Crippen LogP contribution in [0.3, 0.4) is 0 Å². The molecule has 0 atom stereocenters. The zero-order chi connectivity index (χ0) is 8.13. The number of nitrogens with zero attached hydrogens (tertiary/aromatic N) is 1. The molecule has 0 saturated heterocycles. The quantitative estimate of drug-likeness (QED) is 0.526. The first-order chi connectivity index (χ1) is 5.90. The molecule has 1 aromatic carbocycles. The van der Waals surface area contributed by atoms with Gasteiger partial charge in [0.25, 0.3) is 0 Å². The number of aldehydes is 1. The summed E-state index contributed by atoms with van der Waals surface area (Å²) < 4.78 is 0. The standard InChI is InChI=1S/C10H5NO/c12-5-9-8-4-6-2-1-3-7(8)10(6)11-9/h1-5H. The largest absolute Gasteiger partial charge is 0.296 e. The van der Waals surface area contributed by atoms with Crippen LogP contribution in [-0.4, -0.2) is 6.29 Å². The first kappa shape index (κ1) is 5.89. The predicted molar refractivity (Wildman–Crippen MR) is 44.7 cm³/mol. The molecule has 0 saturated carbocycles. The Balaban J connectivity index is 2.57. The molecule has 0 radical (unpaired) electrons. The molecule has 1 heterocycles. The van der Waals surface area contributed by atoms with Crippen molar-refractivity contribution in [1.82, 2.24) is 0 Å². The van der Waals surface area contributed by atoms with Crippen LogP contribution in [0.5, 0.6) is 0 Å². The van der Waals surface area contributed by atoms with Gasteiger partial charge < -0.3 is 0 Å². The van der Waals surface area contributed by atoms with Crippen LogP contribution in [0.15, 0.2) is 28.9 Å². The second-order valence-corrected chi connectivity index (χ2v) is 2.92. The summed E-state index contributed by atoms with van der Waals surface area (Å²) in [7, 11) is 0. The van der Waals surface area contributed by atoms with E-state index in [-0.39, 0.29) is 0 Å². The van der Waals surface area contributed by atoms with Crippen molar-refractivity contribution in [3.8, 4) is 0 Å². The summed E-state index contributed by atoms with van der Waals surface area (Å²) in [6, 6.07) is 6.00. The molecule has 2 aliphatic rings. The number of para-hydroxylation sites is 1. The third kappa shape index (κ3) is 0.482. The molecule has 0 spiro atoms. The number of hydrogen-bond acceptors (Lipinski definition) is 2. The minimum atomic E-state index is 0.573. The summed E-state index contributed by atoms with van der Waals surface area (Å²) in [5.74, 6) is 0. The van der Waals surface area contributed by atoms with Crippen molar-refractivity contribution in [2.45, 2.75) is 0 Å². The monoisotopic (exact) mass is 155 g/mol. The molecular weight excluding hydrogens is 150 g/mol.